The van der Waals surface area contributed by atoms with Gasteiger partial charge in [-0.05, 0) is 17.7 Å². The Balaban J connectivity index is 1.71. The Labute approximate surface area is 117 Å². The van der Waals surface area contributed by atoms with Crippen LogP contribution in [0.2, 0.25) is 0 Å². The van der Waals surface area contributed by atoms with Gasteiger partial charge in [0.1, 0.15) is 5.65 Å². The fraction of sp³-hybridized carbons (Fsp3) is 0.188. The lowest BCUT2D eigenvalue weighted by Crippen LogP contribution is -2.24. The molecule has 0 radical (unpaired) electrons. The highest BCUT2D eigenvalue weighted by Gasteiger charge is 2.10. The van der Waals surface area contributed by atoms with E-state index >= 15 is 0 Å². The van der Waals surface area contributed by atoms with E-state index in [1.54, 1.807) is 0 Å². The van der Waals surface area contributed by atoms with E-state index in [4.69, 9.17) is 0 Å². The number of aromatic nitrogens is 2. The van der Waals surface area contributed by atoms with Crippen LogP contribution in [-0.2, 0) is 6.54 Å². The third kappa shape index (κ3) is 2.71. The van der Waals surface area contributed by atoms with Gasteiger partial charge in [-0.25, -0.2) is 4.98 Å². The lowest BCUT2D eigenvalue weighted by atomic mass is 10.1. The lowest BCUT2D eigenvalue weighted by Gasteiger charge is -2.15. The quantitative estimate of drug-likeness (QED) is 0.745. The molecule has 0 saturated heterocycles. The van der Waals surface area contributed by atoms with Gasteiger partial charge in [-0.15, -0.1) is 0 Å². The van der Waals surface area contributed by atoms with Gasteiger partial charge in [0.05, 0.1) is 18.3 Å². The van der Waals surface area contributed by atoms with E-state index < -0.39 is 0 Å². The van der Waals surface area contributed by atoms with Crippen molar-refractivity contribution in [3.63, 3.8) is 0 Å². The number of aliphatic hydroxyl groups excluding tert-OH is 1. The van der Waals surface area contributed by atoms with E-state index in [1.165, 1.54) is 0 Å². The predicted octanol–water partition coefficient (Wildman–Crippen LogP) is 2.16. The van der Waals surface area contributed by atoms with Crippen molar-refractivity contribution < 1.29 is 5.11 Å². The zero-order valence-electron chi connectivity index (χ0n) is 11.1. The van der Waals surface area contributed by atoms with E-state index in [1.807, 2.05) is 65.3 Å². The van der Waals surface area contributed by atoms with Gasteiger partial charge in [-0.2, -0.15) is 0 Å². The highest BCUT2D eigenvalue weighted by Crippen LogP contribution is 2.13. The Kier molecular flexibility index (Phi) is 3.76. The van der Waals surface area contributed by atoms with Gasteiger partial charge in [0.2, 0.25) is 0 Å². The molecule has 1 atom stereocenters. The second-order valence-electron chi connectivity index (χ2n) is 4.73. The number of imidazole rings is 1. The summed E-state index contributed by atoms with van der Waals surface area (Å²) in [6.45, 7) is 0.694. The van der Waals surface area contributed by atoms with Crippen LogP contribution in [0, 0.1) is 0 Å². The molecular formula is C16H17N3O. The molecule has 0 aliphatic carbocycles. The van der Waals surface area contributed by atoms with Gasteiger partial charge in [-0.3, -0.25) is 0 Å². The van der Waals surface area contributed by atoms with Crippen LogP contribution in [0.15, 0.2) is 60.9 Å². The third-order valence-electron chi connectivity index (χ3n) is 3.33. The van der Waals surface area contributed by atoms with Gasteiger partial charge < -0.3 is 14.8 Å². The summed E-state index contributed by atoms with van der Waals surface area (Å²) in [6, 6.07) is 15.8. The minimum Gasteiger partial charge on any atom is -0.394 e. The van der Waals surface area contributed by atoms with Crippen molar-refractivity contribution in [3.8, 4) is 0 Å². The predicted molar refractivity (Wildman–Crippen MR) is 78.3 cm³/mol. The molecule has 0 unspecified atom stereocenters. The Morgan fingerprint density at radius 2 is 1.90 bits per heavy atom. The maximum atomic E-state index is 9.51. The average molecular weight is 267 g/mol. The summed E-state index contributed by atoms with van der Waals surface area (Å²) < 4.78 is 1.99. The zero-order chi connectivity index (χ0) is 13.8. The van der Waals surface area contributed by atoms with Crippen molar-refractivity contribution >= 4 is 5.65 Å². The molecular weight excluding hydrogens is 250 g/mol. The van der Waals surface area contributed by atoms with Crippen LogP contribution in [0.4, 0.5) is 0 Å². The second-order valence-corrected chi connectivity index (χ2v) is 4.73. The lowest BCUT2D eigenvalue weighted by molar-refractivity contribution is 0.243. The molecule has 2 N–H and O–H groups in total. The second kappa shape index (κ2) is 5.86. The van der Waals surface area contributed by atoms with E-state index in [9.17, 15) is 5.11 Å². The summed E-state index contributed by atoms with van der Waals surface area (Å²) in [6.07, 6.45) is 3.98. The minimum atomic E-state index is -0.0685. The molecule has 3 rings (SSSR count). The molecule has 0 fully saturated rings. The average Bonchev–Trinajstić information content (AvgIpc) is 2.92. The summed E-state index contributed by atoms with van der Waals surface area (Å²) in [5, 5.41) is 12.8. The largest absolute Gasteiger partial charge is 0.394 e. The van der Waals surface area contributed by atoms with Crippen LogP contribution in [0.3, 0.4) is 0 Å². The summed E-state index contributed by atoms with van der Waals surface area (Å²) in [7, 11) is 0. The fourth-order valence-electron chi connectivity index (χ4n) is 2.27. The zero-order valence-corrected chi connectivity index (χ0v) is 11.1. The van der Waals surface area contributed by atoms with Crippen molar-refractivity contribution in [3.05, 3.63) is 72.2 Å². The molecule has 0 bridgehead atoms. The molecule has 4 nitrogen and oxygen atoms in total. The monoisotopic (exact) mass is 267 g/mol. The molecule has 1 aromatic carbocycles. The van der Waals surface area contributed by atoms with Crippen LogP contribution in [0.25, 0.3) is 5.65 Å². The standard InChI is InChI=1S/C16H17N3O/c20-12-15(13-6-2-1-3-7-13)17-10-14-11-19-9-5-4-8-16(19)18-14/h1-9,11,15,17,20H,10,12H2/t15-/m0/s1. The van der Waals surface area contributed by atoms with Crippen LogP contribution in [-0.4, -0.2) is 21.1 Å². The maximum absolute atomic E-state index is 9.51. The van der Waals surface area contributed by atoms with Crippen molar-refractivity contribution in [2.75, 3.05) is 6.61 Å². The SMILES string of the molecule is OC[C@H](NCc1cn2ccccc2n1)c1ccccc1. The number of nitrogens with one attached hydrogen (secondary N) is 1. The smallest absolute Gasteiger partial charge is 0.137 e. The highest BCUT2D eigenvalue weighted by molar-refractivity contribution is 5.39. The Bertz CT molecular complexity index is 645. The van der Waals surface area contributed by atoms with Crippen LogP contribution in [0.1, 0.15) is 17.3 Å². The highest BCUT2D eigenvalue weighted by atomic mass is 16.3. The van der Waals surface area contributed by atoms with E-state index in [0.717, 1.165) is 16.9 Å². The third-order valence-corrected chi connectivity index (χ3v) is 3.33. The number of hydrogen-bond acceptors (Lipinski definition) is 3. The van der Waals surface area contributed by atoms with Gasteiger partial charge in [-0.1, -0.05) is 36.4 Å². The van der Waals surface area contributed by atoms with E-state index in [2.05, 4.69) is 10.3 Å². The van der Waals surface area contributed by atoms with Gasteiger partial charge >= 0.3 is 0 Å². The van der Waals surface area contributed by atoms with Crippen molar-refractivity contribution in [2.45, 2.75) is 12.6 Å². The van der Waals surface area contributed by atoms with Gasteiger partial charge in [0.25, 0.3) is 0 Å². The number of rotatable bonds is 5. The summed E-state index contributed by atoms with van der Waals surface area (Å²) in [5.41, 5.74) is 2.98. The van der Waals surface area contributed by atoms with Crippen LogP contribution >= 0.6 is 0 Å². The molecule has 2 heterocycles. The Hall–Kier alpha value is -2.17. The Morgan fingerprint density at radius 1 is 1.10 bits per heavy atom. The molecule has 2 aromatic heterocycles. The summed E-state index contributed by atoms with van der Waals surface area (Å²) in [4.78, 5) is 4.53. The molecule has 0 spiro atoms. The van der Waals surface area contributed by atoms with Crippen LogP contribution in [0.5, 0.6) is 0 Å². The maximum Gasteiger partial charge on any atom is 0.137 e. The van der Waals surface area contributed by atoms with E-state index in [0.29, 0.717) is 6.54 Å². The first kappa shape index (κ1) is 12.8. The van der Waals surface area contributed by atoms with Crippen molar-refractivity contribution in [1.29, 1.82) is 0 Å². The molecule has 3 aromatic rings. The first-order valence-electron chi connectivity index (χ1n) is 6.68. The molecule has 0 amide bonds. The Morgan fingerprint density at radius 3 is 2.65 bits per heavy atom. The number of pyridine rings is 1. The van der Waals surface area contributed by atoms with Gasteiger partial charge in [0, 0.05) is 18.9 Å². The van der Waals surface area contributed by atoms with Crippen molar-refractivity contribution in [1.82, 2.24) is 14.7 Å². The van der Waals surface area contributed by atoms with Gasteiger partial charge in [0.15, 0.2) is 0 Å². The number of nitrogens with zero attached hydrogens (tertiary/aromatic N) is 2. The number of aliphatic hydroxyl groups is 1. The summed E-state index contributed by atoms with van der Waals surface area (Å²) in [5.74, 6) is 0. The molecule has 0 aliphatic heterocycles. The molecule has 102 valence electrons. The molecule has 0 saturated carbocycles. The normalized spacial score (nSPS) is 12.7. The number of fused-ring (bicyclic) bond motifs is 1. The summed E-state index contributed by atoms with van der Waals surface area (Å²) >= 11 is 0. The number of hydrogen-bond donors (Lipinski definition) is 2. The molecule has 20 heavy (non-hydrogen) atoms. The fourth-order valence-corrected chi connectivity index (χ4v) is 2.27. The number of benzene rings is 1. The van der Waals surface area contributed by atoms with Crippen LogP contribution < -0.4 is 5.32 Å². The minimum absolute atomic E-state index is 0.0668. The van der Waals surface area contributed by atoms with Crippen molar-refractivity contribution in [2.24, 2.45) is 0 Å². The first-order valence-corrected chi connectivity index (χ1v) is 6.68. The molecule has 0 aliphatic rings. The van der Waals surface area contributed by atoms with E-state index in [-0.39, 0.29) is 12.6 Å². The first-order chi connectivity index (χ1) is 9.86. The topological polar surface area (TPSA) is 49.6 Å². The molecule has 4 heteroatoms.